The van der Waals surface area contributed by atoms with Crippen LogP contribution in [0.3, 0.4) is 0 Å². The molecule has 12 nitrogen and oxygen atoms in total. The minimum absolute atomic E-state index is 0.206. The van der Waals surface area contributed by atoms with Crippen LogP contribution in [0.4, 0.5) is 0 Å². The topological polar surface area (TPSA) is 232 Å². The standard InChI is InChI=1S/C28H44N2O10/c29-11-9-17-1-5-19(6-2-17)20-7-3-18(4-8-20)10-12-30(13-21(33)25(37)27(39)23(35)15-31)14-22(34)26(38)28(40)24(36)16-32/h1-8,21-28,31-40H,9-16,29H2. The van der Waals surface area contributed by atoms with E-state index in [1.807, 2.05) is 48.5 Å². The minimum atomic E-state index is -1.84. The van der Waals surface area contributed by atoms with E-state index in [-0.39, 0.29) is 19.6 Å². The zero-order valence-electron chi connectivity index (χ0n) is 22.4. The first-order valence-corrected chi connectivity index (χ1v) is 13.3. The van der Waals surface area contributed by atoms with Gasteiger partial charge in [-0.3, -0.25) is 4.90 Å². The molecule has 0 amide bonds. The maximum atomic E-state index is 10.5. The number of hydrogen-bond donors (Lipinski definition) is 11. The van der Waals surface area contributed by atoms with Gasteiger partial charge in [0.25, 0.3) is 0 Å². The summed E-state index contributed by atoms with van der Waals surface area (Å²) in [5.74, 6) is 0. The molecule has 0 bridgehead atoms. The fourth-order valence-electron chi connectivity index (χ4n) is 4.31. The quantitative estimate of drug-likeness (QED) is 0.0844. The van der Waals surface area contributed by atoms with Crippen molar-refractivity contribution >= 4 is 0 Å². The first-order valence-electron chi connectivity index (χ1n) is 13.3. The largest absolute Gasteiger partial charge is 0.394 e. The zero-order chi connectivity index (χ0) is 29.8. The molecule has 8 atom stereocenters. The van der Waals surface area contributed by atoms with Gasteiger partial charge in [-0.15, -0.1) is 0 Å². The van der Waals surface area contributed by atoms with Gasteiger partial charge < -0.3 is 56.8 Å². The first kappa shape index (κ1) is 34.2. The Morgan fingerprint density at radius 3 is 1.23 bits per heavy atom. The maximum absolute atomic E-state index is 10.5. The summed E-state index contributed by atoms with van der Waals surface area (Å²) in [7, 11) is 0. The van der Waals surface area contributed by atoms with Crippen LogP contribution in [-0.2, 0) is 12.8 Å². The van der Waals surface area contributed by atoms with Crippen LogP contribution in [0.5, 0.6) is 0 Å². The van der Waals surface area contributed by atoms with E-state index < -0.39 is 62.0 Å². The van der Waals surface area contributed by atoms with E-state index in [0.29, 0.717) is 13.0 Å². The number of aliphatic hydroxyl groups excluding tert-OH is 10. The summed E-state index contributed by atoms with van der Waals surface area (Å²) in [6.45, 7) is -1.51. The van der Waals surface area contributed by atoms with E-state index in [2.05, 4.69) is 0 Å². The van der Waals surface area contributed by atoms with Crippen LogP contribution in [0.15, 0.2) is 48.5 Å². The molecule has 0 radical (unpaired) electrons. The second kappa shape index (κ2) is 17.0. The number of nitrogens with zero attached hydrogens (tertiary/aromatic N) is 1. The molecule has 2 rings (SSSR count). The Balaban J connectivity index is 2.11. The van der Waals surface area contributed by atoms with Crippen LogP contribution in [0.25, 0.3) is 11.1 Å². The molecule has 12 N–H and O–H groups in total. The molecular weight excluding hydrogens is 524 g/mol. The molecule has 2 aromatic carbocycles. The molecule has 12 heteroatoms. The lowest BCUT2D eigenvalue weighted by Gasteiger charge is -2.33. The van der Waals surface area contributed by atoms with E-state index in [1.165, 1.54) is 4.90 Å². The number of rotatable bonds is 18. The fraction of sp³-hybridized carbons (Fsp3) is 0.571. The van der Waals surface area contributed by atoms with Crippen LogP contribution in [0.1, 0.15) is 11.1 Å². The zero-order valence-corrected chi connectivity index (χ0v) is 22.4. The molecule has 226 valence electrons. The third kappa shape index (κ3) is 10.1. The van der Waals surface area contributed by atoms with Crippen LogP contribution >= 0.6 is 0 Å². The van der Waals surface area contributed by atoms with Crippen molar-refractivity contribution in [1.29, 1.82) is 0 Å². The molecule has 0 aromatic heterocycles. The predicted octanol–water partition coefficient (Wildman–Crippen LogP) is -3.43. The van der Waals surface area contributed by atoms with Gasteiger partial charge >= 0.3 is 0 Å². The molecule has 0 fully saturated rings. The normalized spacial score (nSPS) is 18.1. The van der Waals surface area contributed by atoms with Gasteiger partial charge in [0.15, 0.2) is 0 Å². The summed E-state index contributed by atoms with van der Waals surface area (Å²) >= 11 is 0. The number of nitrogens with two attached hydrogens (primary N) is 1. The van der Waals surface area contributed by atoms with Crippen LogP contribution < -0.4 is 5.73 Å². The molecule has 8 unspecified atom stereocenters. The predicted molar refractivity (Wildman–Crippen MR) is 147 cm³/mol. The van der Waals surface area contributed by atoms with Gasteiger partial charge in [0.1, 0.15) is 36.6 Å². The molecule has 0 aliphatic heterocycles. The molecule has 0 spiro atoms. The number of benzene rings is 2. The van der Waals surface area contributed by atoms with Crippen molar-refractivity contribution in [2.45, 2.75) is 61.7 Å². The van der Waals surface area contributed by atoms with E-state index in [9.17, 15) is 40.9 Å². The summed E-state index contributed by atoms with van der Waals surface area (Å²) < 4.78 is 0. The summed E-state index contributed by atoms with van der Waals surface area (Å²) in [6.07, 6.45) is -12.7. The second-order valence-corrected chi connectivity index (χ2v) is 10.0. The summed E-state index contributed by atoms with van der Waals surface area (Å²) in [6, 6.07) is 15.8. The highest BCUT2D eigenvalue weighted by molar-refractivity contribution is 5.64. The SMILES string of the molecule is NCCc1ccc(-c2ccc(CCN(CC(O)C(O)C(O)C(O)CO)CC(O)C(O)C(O)C(O)CO)cc2)cc1. The van der Waals surface area contributed by atoms with Gasteiger partial charge in [0.05, 0.1) is 25.4 Å². The highest BCUT2D eigenvalue weighted by atomic mass is 16.4. The van der Waals surface area contributed by atoms with E-state index in [1.54, 1.807) is 0 Å². The van der Waals surface area contributed by atoms with Crippen molar-refractivity contribution < 1.29 is 51.1 Å². The number of hydrogen-bond acceptors (Lipinski definition) is 12. The average molecular weight is 569 g/mol. The van der Waals surface area contributed by atoms with Gasteiger partial charge in [-0.25, -0.2) is 0 Å². The second-order valence-electron chi connectivity index (χ2n) is 10.0. The van der Waals surface area contributed by atoms with Crippen LogP contribution in [0.2, 0.25) is 0 Å². The van der Waals surface area contributed by atoms with Crippen molar-refractivity contribution in [3.8, 4) is 11.1 Å². The van der Waals surface area contributed by atoms with Crippen molar-refractivity contribution in [3.63, 3.8) is 0 Å². The van der Waals surface area contributed by atoms with Gasteiger partial charge in [-0.1, -0.05) is 48.5 Å². The monoisotopic (exact) mass is 568 g/mol. The average Bonchev–Trinajstić information content (AvgIpc) is 2.98. The molecule has 0 saturated heterocycles. The third-order valence-corrected chi connectivity index (χ3v) is 6.93. The van der Waals surface area contributed by atoms with E-state index in [0.717, 1.165) is 28.7 Å². The van der Waals surface area contributed by atoms with Crippen LogP contribution in [-0.4, -0.2) is 144 Å². The number of aliphatic hydroxyl groups is 10. The van der Waals surface area contributed by atoms with E-state index in [4.69, 9.17) is 15.9 Å². The van der Waals surface area contributed by atoms with Crippen molar-refractivity contribution in [3.05, 3.63) is 59.7 Å². The Morgan fingerprint density at radius 1 is 0.525 bits per heavy atom. The lowest BCUT2D eigenvalue weighted by Crippen LogP contribution is -2.53. The molecule has 0 aliphatic rings. The highest BCUT2D eigenvalue weighted by Crippen LogP contribution is 2.21. The lowest BCUT2D eigenvalue weighted by atomic mass is 10.00. The summed E-state index contributed by atoms with van der Waals surface area (Å²) in [5.41, 5.74) is 9.71. The Kier molecular flexibility index (Phi) is 14.6. The van der Waals surface area contributed by atoms with Crippen LogP contribution in [0, 0.1) is 0 Å². The molecular formula is C28H44N2O10. The van der Waals surface area contributed by atoms with Gasteiger partial charge in [0, 0.05) is 19.6 Å². The Morgan fingerprint density at radius 2 is 0.875 bits per heavy atom. The van der Waals surface area contributed by atoms with E-state index >= 15 is 0 Å². The maximum Gasteiger partial charge on any atom is 0.111 e. The molecule has 0 heterocycles. The lowest BCUT2D eigenvalue weighted by molar-refractivity contribution is -0.130. The third-order valence-electron chi connectivity index (χ3n) is 6.93. The van der Waals surface area contributed by atoms with Gasteiger partial charge in [0.2, 0.25) is 0 Å². The van der Waals surface area contributed by atoms with Crippen molar-refractivity contribution in [2.24, 2.45) is 5.73 Å². The molecule has 40 heavy (non-hydrogen) atoms. The summed E-state index contributed by atoms with van der Waals surface area (Å²) in [4.78, 5) is 1.47. The molecule has 0 aliphatic carbocycles. The van der Waals surface area contributed by atoms with Gasteiger partial charge in [-0.05, 0) is 41.6 Å². The molecule has 2 aromatic rings. The Labute approximate surface area is 233 Å². The Hall–Kier alpha value is -2.04. The highest BCUT2D eigenvalue weighted by Gasteiger charge is 2.34. The smallest absolute Gasteiger partial charge is 0.111 e. The van der Waals surface area contributed by atoms with Crippen molar-refractivity contribution in [2.75, 3.05) is 39.4 Å². The first-order chi connectivity index (χ1) is 19.0. The fourth-order valence-corrected chi connectivity index (χ4v) is 4.31. The van der Waals surface area contributed by atoms with Crippen molar-refractivity contribution in [1.82, 2.24) is 4.90 Å². The molecule has 0 saturated carbocycles. The minimum Gasteiger partial charge on any atom is -0.394 e. The Bertz CT molecular complexity index is 935. The summed E-state index contributed by atoms with van der Waals surface area (Å²) in [5, 5.41) is 98.5. The van der Waals surface area contributed by atoms with Gasteiger partial charge in [-0.2, -0.15) is 0 Å².